The summed E-state index contributed by atoms with van der Waals surface area (Å²) in [6.45, 7) is 26.8. The molecule has 4 aromatic heterocycles. The Morgan fingerprint density at radius 1 is 0.455 bits per heavy atom. The van der Waals surface area contributed by atoms with Crippen LogP contribution in [0.15, 0.2) is 133 Å². The van der Waals surface area contributed by atoms with Crippen molar-refractivity contribution in [3.8, 4) is 44.5 Å². The van der Waals surface area contributed by atoms with Crippen LogP contribution in [0, 0.1) is 0 Å². The van der Waals surface area contributed by atoms with Gasteiger partial charge in [-0.25, -0.2) is 9.59 Å². The molecule has 0 aliphatic carbocycles. The quantitative estimate of drug-likeness (QED) is 0.0318. The van der Waals surface area contributed by atoms with Gasteiger partial charge in [0.15, 0.2) is 0 Å². The molecule has 0 saturated carbocycles. The highest BCUT2D eigenvalue weighted by Gasteiger charge is 2.28. The van der Waals surface area contributed by atoms with Crippen molar-refractivity contribution in [3.63, 3.8) is 0 Å². The van der Waals surface area contributed by atoms with E-state index >= 15 is 0 Å². The fourth-order valence-corrected chi connectivity index (χ4v) is 10.2. The molecule has 10 N–H and O–H groups in total. The second-order valence-electron chi connectivity index (χ2n) is 24.5. The second-order valence-corrected chi connectivity index (χ2v) is 24.5. The van der Waals surface area contributed by atoms with Gasteiger partial charge in [-0.15, -0.1) is 0 Å². The standard InChI is InChI=1S/C21H29NO3.C20H28N2O3.C16H22N2O.C16H21NO.CH4/c1-15(2)19-14-17(16-10-7-6-8-11-16)18(12-9-13-23)22(19)20(24)25-21(3,4)5;1-13(2)19-12-16(15-8-5-6-9-17(15)21)18(10-7-11-23)22(19)20(24)25-14(3)4;1-11(2)16-10-13(15(18-16)8-5-9-19)12-6-3-4-7-14(12)17;1-12(2)16-11-14(13-7-4-3-5-8-13)15(17-16)9-6-10-18;/h6-8,10-11,14-15,23H,9,12-13H2,1-5H3;5-6,8-9,12-14,23H,7,10-11,21H2,1-4H3;3-4,6-7,10-11,18-19H,5,8-9,17H2,1-2H3;3-5,7-8,11-12,17-18H,6,9-10H2,1-2H3;1H4. The largest absolute Gasteiger partial charge is 0.446 e. The van der Waals surface area contributed by atoms with Gasteiger partial charge in [0.25, 0.3) is 0 Å². The van der Waals surface area contributed by atoms with Crippen LogP contribution in [-0.2, 0) is 35.2 Å². The minimum absolute atomic E-state index is 0. The number of para-hydroxylation sites is 2. The van der Waals surface area contributed by atoms with E-state index in [1.165, 1.54) is 28.2 Å². The van der Waals surface area contributed by atoms with E-state index in [0.717, 1.165) is 93.2 Å². The van der Waals surface area contributed by atoms with E-state index in [-0.39, 0.29) is 64.0 Å². The molecule has 0 aliphatic heterocycles. The molecule has 478 valence electrons. The molecule has 0 radical (unpaired) electrons. The number of rotatable bonds is 21. The summed E-state index contributed by atoms with van der Waals surface area (Å²) in [7, 11) is 0. The minimum atomic E-state index is -0.559. The normalized spacial score (nSPS) is 11.2. The number of nitrogens with one attached hydrogen (secondary N) is 2. The first-order valence-electron chi connectivity index (χ1n) is 31.1. The first-order valence-corrected chi connectivity index (χ1v) is 31.1. The number of benzene rings is 4. The Hall–Kier alpha value is -7.62. The Morgan fingerprint density at radius 2 is 0.818 bits per heavy atom. The molecule has 8 aromatic rings. The maximum Gasteiger partial charge on any atom is 0.418 e. The molecule has 8 rings (SSSR count). The van der Waals surface area contributed by atoms with Gasteiger partial charge in [0.2, 0.25) is 0 Å². The van der Waals surface area contributed by atoms with Gasteiger partial charge in [-0.3, -0.25) is 9.13 Å². The Bertz CT molecular complexity index is 3360. The number of carbonyl (C=O) groups excluding carboxylic acids is 2. The zero-order valence-corrected chi connectivity index (χ0v) is 54.0. The molecule has 0 atom stereocenters. The van der Waals surface area contributed by atoms with Crippen molar-refractivity contribution in [2.45, 2.75) is 184 Å². The molecule has 0 bridgehead atoms. The third-order valence-corrected chi connectivity index (χ3v) is 14.6. The highest BCUT2D eigenvalue weighted by atomic mass is 16.6. The van der Waals surface area contributed by atoms with E-state index in [4.69, 9.17) is 31.2 Å². The van der Waals surface area contributed by atoms with E-state index in [9.17, 15) is 19.8 Å². The Balaban J connectivity index is 0.000000252. The Labute approximate surface area is 525 Å². The molecule has 4 heterocycles. The van der Waals surface area contributed by atoms with Crippen LogP contribution in [0.25, 0.3) is 44.5 Å². The summed E-state index contributed by atoms with van der Waals surface area (Å²) in [5, 5.41) is 36.6. The van der Waals surface area contributed by atoms with Crippen LogP contribution in [0.1, 0.15) is 192 Å². The monoisotopic (exact) mass is 1200 g/mol. The third kappa shape index (κ3) is 20.5. The molecule has 0 aliphatic rings. The lowest BCUT2D eigenvalue weighted by atomic mass is 10.0. The molecule has 14 heteroatoms. The van der Waals surface area contributed by atoms with Crippen molar-refractivity contribution in [1.29, 1.82) is 0 Å². The van der Waals surface area contributed by atoms with Crippen molar-refractivity contribution in [2.24, 2.45) is 0 Å². The van der Waals surface area contributed by atoms with Gasteiger partial charge in [0, 0.05) is 117 Å². The Morgan fingerprint density at radius 3 is 1.23 bits per heavy atom. The number of aromatic nitrogens is 4. The molecule has 4 aromatic carbocycles. The number of anilines is 2. The summed E-state index contributed by atoms with van der Waals surface area (Å²) in [5.41, 5.74) is 30.2. The Kier molecular flexibility index (Phi) is 29.3. The van der Waals surface area contributed by atoms with Crippen molar-refractivity contribution in [2.75, 3.05) is 37.9 Å². The van der Waals surface area contributed by atoms with Gasteiger partial charge in [-0.1, -0.05) is 160 Å². The molecule has 0 fully saturated rings. The van der Waals surface area contributed by atoms with E-state index < -0.39 is 5.60 Å². The van der Waals surface area contributed by atoms with Crippen LogP contribution < -0.4 is 11.5 Å². The average molecular weight is 1210 g/mol. The van der Waals surface area contributed by atoms with Gasteiger partial charge in [0.1, 0.15) is 5.60 Å². The van der Waals surface area contributed by atoms with Crippen LogP contribution in [0.5, 0.6) is 0 Å². The number of aliphatic hydroxyl groups excluding tert-OH is 4. The van der Waals surface area contributed by atoms with E-state index in [0.29, 0.717) is 43.2 Å². The molecule has 0 amide bonds. The smallest absolute Gasteiger partial charge is 0.418 e. The molecule has 0 unspecified atom stereocenters. The molecule has 88 heavy (non-hydrogen) atoms. The number of nitrogens with two attached hydrogens (primary N) is 2. The number of aryl methyl sites for hydroxylation is 2. The van der Waals surface area contributed by atoms with Crippen molar-refractivity contribution in [1.82, 2.24) is 19.1 Å². The van der Waals surface area contributed by atoms with E-state index in [1.54, 1.807) is 9.13 Å². The predicted molar refractivity (Wildman–Crippen MR) is 364 cm³/mol. The predicted octanol–water partition coefficient (Wildman–Crippen LogP) is 16.8. The lowest BCUT2D eigenvalue weighted by Crippen LogP contribution is -2.29. The molecular weight excluding hydrogens is 1100 g/mol. The number of nitrogen functional groups attached to an aromatic ring is 2. The minimum Gasteiger partial charge on any atom is -0.446 e. The van der Waals surface area contributed by atoms with Crippen LogP contribution >= 0.6 is 0 Å². The summed E-state index contributed by atoms with van der Waals surface area (Å²) in [6, 6.07) is 44.5. The van der Waals surface area contributed by atoms with Gasteiger partial charge in [0.05, 0.1) is 6.10 Å². The topological polar surface area (TPSA) is 227 Å². The first kappa shape index (κ1) is 72.9. The molecule has 0 saturated heterocycles. The number of carbonyl (C=O) groups is 2. The van der Waals surface area contributed by atoms with Gasteiger partial charge in [-0.05, 0) is 157 Å². The summed E-state index contributed by atoms with van der Waals surface area (Å²) in [6.07, 6.45) is 4.72. The van der Waals surface area contributed by atoms with Gasteiger partial charge < -0.3 is 51.3 Å². The fraction of sp³-hybridized carbons (Fsp3) is 0.432. The number of aliphatic hydroxyl groups is 4. The molecular formula is C74H104N6O8. The van der Waals surface area contributed by atoms with Gasteiger partial charge >= 0.3 is 12.2 Å². The molecule has 14 nitrogen and oxygen atoms in total. The number of hydrogen-bond acceptors (Lipinski definition) is 10. The zero-order chi connectivity index (χ0) is 64.0. The number of ether oxygens (including phenoxy) is 2. The van der Waals surface area contributed by atoms with Crippen LogP contribution in [0.2, 0.25) is 0 Å². The van der Waals surface area contributed by atoms with Crippen molar-refractivity contribution < 1.29 is 39.5 Å². The van der Waals surface area contributed by atoms with Crippen molar-refractivity contribution >= 4 is 23.6 Å². The SMILES string of the molecule is C.CC(C)OC(=O)n1c(C(C)C)cc(-c2ccccc2N)c1CCCO.CC(C)c1cc(-c2ccccc2)c(CCCO)[nH]1.CC(C)c1cc(-c2ccccc2)c(CCCO)n1C(=O)OC(C)(C)C.CC(C)c1cc(-c2ccccc2N)c(CCCO)[nH]1. The van der Waals surface area contributed by atoms with Crippen molar-refractivity contribution in [3.05, 3.63) is 179 Å². The van der Waals surface area contributed by atoms with E-state index in [1.807, 2.05) is 139 Å². The fourth-order valence-electron chi connectivity index (χ4n) is 10.2. The maximum atomic E-state index is 12.9. The molecule has 0 spiro atoms. The lowest BCUT2D eigenvalue weighted by molar-refractivity contribution is 0.0526. The van der Waals surface area contributed by atoms with Crippen LogP contribution in [-0.4, -0.2) is 89.8 Å². The number of aromatic amines is 2. The van der Waals surface area contributed by atoms with E-state index in [2.05, 4.69) is 94.0 Å². The zero-order valence-electron chi connectivity index (χ0n) is 54.0. The van der Waals surface area contributed by atoms with Gasteiger partial charge in [-0.2, -0.15) is 0 Å². The number of H-pyrrole nitrogens is 2. The van der Waals surface area contributed by atoms with Crippen LogP contribution in [0.4, 0.5) is 21.0 Å². The summed E-state index contributed by atoms with van der Waals surface area (Å²) >= 11 is 0. The third-order valence-electron chi connectivity index (χ3n) is 14.6. The number of hydrogen-bond donors (Lipinski definition) is 8. The lowest BCUT2D eigenvalue weighted by Gasteiger charge is -2.22. The summed E-state index contributed by atoms with van der Waals surface area (Å²) in [4.78, 5) is 32.6. The summed E-state index contributed by atoms with van der Waals surface area (Å²) in [5.74, 6) is 1.27. The average Bonchev–Trinajstić information content (AvgIpc) is 1.75. The number of nitrogens with zero attached hydrogens (tertiary/aromatic N) is 2. The highest BCUT2D eigenvalue weighted by molar-refractivity contribution is 5.84. The first-order chi connectivity index (χ1) is 41.5. The maximum absolute atomic E-state index is 12.9. The highest BCUT2D eigenvalue weighted by Crippen LogP contribution is 2.37. The summed E-state index contributed by atoms with van der Waals surface area (Å²) < 4.78 is 14.5. The van der Waals surface area contributed by atoms with Crippen LogP contribution in [0.3, 0.4) is 0 Å². The second kappa shape index (κ2) is 35.4.